The van der Waals surface area contributed by atoms with Gasteiger partial charge in [-0.25, -0.2) is 9.97 Å². The molecule has 0 saturated carbocycles. The summed E-state index contributed by atoms with van der Waals surface area (Å²) in [4.78, 5) is 8.23. The molecule has 1 fully saturated rings. The molecule has 94 valence electrons. The average molecular weight is 238 g/mol. The van der Waals surface area contributed by atoms with Gasteiger partial charge in [-0.3, -0.25) is 11.3 Å². The lowest BCUT2D eigenvalue weighted by molar-refractivity contribution is 0.0383. The maximum absolute atomic E-state index is 5.62. The molecule has 2 heterocycles. The van der Waals surface area contributed by atoms with Crippen LogP contribution in [0.1, 0.15) is 24.6 Å². The van der Waals surface area contributed by atoms with Crippen LogP contribution in [0.3, 0.4) is 0 Å². The summed E-state index contributed by atoms with van der Waals surface area (Å²) in [6.45, 7) is 1.54. The van der Waals surface area contributed by atoms with E-state index in [1.807, 2.05) is 0 Å². The fourth-order valence-corrected chi connectivity index (χ4v) is 2.13. The van der Waals surface area contributed by atoms with E-state index < -0.39 is 0 Å². The number of hydrogen-bond donors (Lipinski definition) is 2. The number of nitrogens with one attached hydrogen (secondary N) is 1. The van der Waals surface area contributed by atoms with Crippen LogP contribution in [0.5, 0.6) is 5.88 Å². The Morgan fingerprint density at radius 1 is 1.59 bits per heavy atom. The second-order valence-electron chi connectivity index (χ2n) is 4.11. The minimum Gasteiger partial charge on any atom is -0.481 e. The quantitative estimate of drug-likeness (QED) is 0.584. The molecular formula is C11H18N4O2. The molecule has 0 aromatic carbocycles. The SMILES string of the molecule is COc1cc(C(NN)C2CCCOC2)ncn1. The van der Waals surface area contributed by atoms with Crippen molar-refractivity contribution in [2.75, 3.05) is 20.3 Å². The normalized spacial score (nSPS) is 22.1. The Morgan fingerprint density at radius 3 is 3.12 bits per heavy atom. The molecular weight excluding hydrogens is 220 g/mol. The van der Waals surface area contributed by atoms with E-state index in [2.05, 4.69) is 15.4 Å². The molecule has 1 aromatic heterocycles. The second kappa shape index (κ2) is 5.90. The van der Waals surface area contributed by atoms with Crippen LogP contribution in [0.4, 0.5) is 0 Å². The lowest BCUT2D eigenvalue weighted by Crippen LogP contribution is -2.37. The van der Waals surface area contributed by atoms with Crippen molar-refractivity contribution in [3.8, 4) is 5.88 Å². The van der Waals surface area contributed by atoms with Crippen molar-refractivity contribution >= 4 is 0 Å². The predicted octanol–water partition coefficient (Wildman–Crippen LogP) is 0.416. The molecule has 3 N–H and O–H groups in total. The number of methoxy groups -OCH3 is 1. The first-order valence-corrected chi connectivity index (χ1v) is 5.75. The fraction of sp³-hybridized carbons (Fsp3) is 0.636. The van der Waals surface area contributed by atoms with Gasteiger partial charge in [-0.2, -0.15) is 0 Å². The van der Waals surface area contributed by atoms with E-state index in [9.17, 15) is 0 Å². The number of rotatable bonds is 4. The summed E-state index contributed by atoms with van der Waals surface area (Å²) in [6.07, 6.45) is 3.63. The highest BCUT2D eigenvalue weighted by Crippen LogP contribution is 2.27. The summed E-state index contributed by atoms with van der Waals surface area (Å²) in [5, 5.41) is 0. The molecule has 2 rings (SSSR count). The van der Waals surface area contributed by atoms with E-state index in [0.29, 0.717) is 18.4 Å². The molecule has 0 radical (unpaired) electrons. The highest BCUT2D eigenvalue weighted by molar-refractivity contribution is 5.17. The number of ether oxygens (including phenoxy) is 2. The molecule has 2 atom stereocenters. The first kappa shape index (κ1) is 12.2. The van der Waals surface area contributed by atoms with Gasteiger partial charge in [0.15, 0.2) is 0 Å². The summed E-state index contributed by atoms with van der Waals surface area (Å²) < 4.78 is 10.6. The van der Waals surface area contributed by atoms with E-state index >= 15 is 0 Å². The summed E-state index contributed by atoms with van der Waals surface area (Å²) in [6, 6.07) is 1.78. The van der Waals surface area contributed by atoms with Gasteiger partial charge < -0.3 is 9.47 Å². The van der Waals surface area contributed by atoms with Crippen molar-refractivity contribution in [3.05, 3.63) is 18.1 Å². The number of aromatic nitrogens is 2. The van der Waals surface area contributed by atoms with E-state index in [-0.39, 0.29) is 6.04 Å². The highest BCUT2D eigenvalue weighted by Gasteiger charge is 2.26. The molecule has 1 aliphatic heterocycles. The van der Waals surface area contributed by atoms with Crippen LogP contribution in [0, 0.1) is 5.92 Å². The standard InChI is InChI=1S/C11H18N4O2/c1-16-10-5-9(13-7-14-10)11(15-12)8-3-2-4-17-6-8/h5,7-8,11,15H,2-4,6,12H2,1H3. The molecule has 0 amide bonds. The lowest BCUT2D eigenvalue weighted by atomic mass is 9.92. The smallest absolute Gasteiger partial charge is 0.216 e. The molecule has 0 aliphatic carbocycles. The van der Waals surface area contributed by atoms with Gasteiger partial charge in [0.25, 0.3) is 0 Å². The van der Waals surface area contributed by atoms with Crippen LogP contribution >= 0.6 is 0 Å². The van der Waals surface area contributed by atoms with Gasteiger partial charge in [-0.05, 0) is 12.8 Å². The van der Waals surface area contributed by atoms with Gasteiger partial charge in [0, 0.05) is 18.6 Å². The van der Waals surface area contributed by atoms with E-state index in [0.717, 1.165) is 25.1 Å². The number of nitrogens with two attached hydrogens (primary N) is 1. The zero-order valence-corrected chi connectivity index (χ0v) is 9.93. The molecule has 6 nitrogen and oxygen atoms in total. The van der Waals surface area contributed by atoms with E-state index in [4.69, 9.17) is 15.3 Å². The zero-order valence-electron chi connectivity index (χ0n) is 9.93. The van der Waals surface area contributed by atoms with Crippen LogP contribution < -0.4 is 16.0 Å². The van der Waals surface area contributed by atoms with Gasteiger partial charge in [0.05, 0.1) is 25.5 Å². The third kappa shape index (κ3) is 2.91. The third-order valence-electron chi connectivity index (χ3n) is 3.04. The first-order valence-electron chi connectivity index (χ1n) is 5.75. The Morgan fingerprint density at radius 2 is 2.47 bits per heavy atom. The molecule has 2 unspecified atom stereocenters. The minimum absolute atomic E-state index is 0.0211. The summed E-state index contributed by atoms with van der Waals surface area (Å²) in [7, 11) is 1.58. The molecule has 1 aliphatic rings. The van der Waals surface area contributed by atoms with Crippen molar-refractivity contribution in [1.29, 1.82) is 0 Å². The van der Waals surface area contributed by atoms with Crippen molar-refractivity contribution < 1.29 is 9.47 Å². The van der Waals surface area contributed by atoms with Crippen LogP contribution in [0.25, 0.3) is 0 Å². The summed E-state index contributed by atoms with van der Waals surface area (Å²) in [5.41, 5.74) is 3.66. The van der Waals surface area contributed by atoms with Gasteiger partial charge in [0.2, 0.25) is 5.88 Å². The van der Waals surface area contributed by atoms with Crippen molar-refractivity contribution in [2.24, 2.45) is 11.8 Å². The highest BCUT2D eigenvalue weighted by atomic mass is 16.5. The summed E-state index contributed by atoms with van der Waals surface area (Å²) >= 11 is 0. The van der Waals surface area contributed by atoms with Crippen LogP contribution in [-0.4, -0.2) is 30.3 Å². The Labute approximate surface area is 101 Å². The van der Waals surface area contributed by atoms with Crippen LogP contribution in [-0.2, 0) is 4.74 Å². The first-order chi connectivity index (χ1) is 8.35. The van der Waals surface area contributed by atoms with Crippen LogP contribution in [0.15, 0.2) is 12.4 Å². The fourth-order valence-electron chi connectivity index (χ4n) is 2.13. The van der Waals surface area contributed by atoms with Crippen molar-refractivity contribution in [1.82, 2.24) is 15.4 Å². The van der Waals surface area contributed by atoms with Crippen molar-refractivity contribution in [3.63, 3.8) is 0 Å². The van der Waals surface area contributed by atoms with Gasteiger partial charge >= 0.3 is 0 Å². The lowest BCUT2D eigenvalue weighted by Gasteiger charge is -2.29. The van der Waals surface area contributed by atoms with Crippen molar-refractivity contribution in [2.45, 2.75) is 18.9 Å². The van der Waals surface area contributed by atoms with Gasteiger partial charge in [-0.1, -0.05) is 0 Å². The zero-order chi connectivity index (χ0) is 12.1. The topological polar surface area (TPSA) is 82.3 Å². The number of hydrogen-bond acceptors (Lipinski definition) is 6. The maximum Gasteiger partial charge on any atom is 0.216 e. The Hall–Kier alpha value is -1.24. The van der Waals surface area contributed by atoms with Crippen LogP contribution in [0.2, 0.25) is 0 Å². The largest absolute Gasteiger partial charge is 0.481 e. The molecule has 1 aromatic rings. The van der Waals surface area contributed by atoms with Gasteiger partial charge in [-0.15, -0.1) is 0 Å². The Bertz CT molecular complexity index is 355. The minimum atomic E-state index is -0.0211. The molecule has 17 heavy (non-hydrogen) atoms. The maximum atomic E-state index is 5.62. The Balaban J connectivity index is 2.15. The van der Waals surface area contributed by atoms with Gasteiger partial charge in [0.1, 0.15) is 6.33 Å². The molecule has 0 spiro atoms. The van der Waals surface area contributed by atoms with E-state index in [1.54, 1.807) is 13.2 Å². The average Bonchev–Trinajstić information content (AvgIpc) is 2.41. The number of nitrogens with zero attached hydrogens (tertiary/aromatic N) is 2. The van der Waals surface area contributed by atoms with E-state index in [1.165, 1.54) is 6.33 Å². The number of hydrazine groups is 1. The molecule has 1 saturated heterocycles. The monoisotopic (exact) mass is 238 g/mol. The second-order valence-corrected chi connectivity index (χ2v) is 4.11. The summed E-state index contributed by atoms with van der Waals surface area (Å²) in [5.74, 6) is 6.51. The molecule has 0 bridgehead atoms. The Kier molecular flexibility index (Phi) is 4.24. The third-order valence-corrected chi connectivity index (χ3v) is 3.04. The molecule has 6 heteroatoms. The predicted molar refractivity (Wildman–Crippen MR) is 62.2 cm³/mol.